The van der Waals surface area contributed by atoms with Crippen LogP contribution in [0, 0.1) is 0 Å². The Morgan fingerprint density at radius 3 is 2.07 bits per heavy atom. The van der Waals surface area contributed by atoms with E-state index in [9.17, 15) is 16.8 Å². The summed E-state index contributed by atoms with van der Waals surface area (Å²) in [6.45, 7) is 1.74. The zero-order chi connectivity index (χ0) is 19.7. The van der Waals surface area contributed by atoms with E-state index >= 15 is 0 Å². The SMILES string of the molecule is CCNS(=O)(=O)c1ccccc1S(=O)(=O)Nc1cnc(Cl)c2ccccc12. The largest absolute Gasteiger partial charge is 0.277 e. The van der Waals surface area contributed by atoms with E-state index in [1.165, 1.54) is 30.5 Å². The lowest BCUT2D eigenvalue weighted by Crippen LogP contribution is -2.26. The van der Waals surface area contributed by atoms with E-state index in [0.717, 1.165) is 0 Å². The molecular formula is C17H16ClN3O4S2. The fraction of sp³-hybridized carbons (Fsp3) is 0.118. The molecule has 0 radical (unpaired) electrons. The Hall–Kier alpha value is -2.20. The van der Waals surface area contributed by atoms with Crippen LogP contribution in [0.5, 0.6) is 0 Å². The average molecular weight is 426 g/mol. The summed E-state index contributed by atoms with van der Waals surface area (Å²) in [6.07, 6.45) is 1.30. The molecule has 3 aromatic rings. The van der Waals surface area contributed by atoms with Gasteiger partial charge in [-0.3, -0.25) is 4.72 Å². The molecule has 27 heavy (non-hydrogen) atoms. The van der Waals surface area contributed by atoms with Gasteiger partial charge in [0.05, 0.1) is 11.9 Å². The highest BCUT2D eigenvalue weighted by atomic mass is 35.5. The summed E-state index contributed by atoms with van der Waals surface area (Å²) in [7, 11) is -8.17. The van der Waals surface area contributed by atoms with Crippen LogP contribution in [0.1, 0.15) is 6.92 Å². The summed E-state index contributed by atoms with van der Waals surface area (Å²) in [4.78, 5) is 3.31. The van der Waals surface area contributed by atoms with Crippen molar-refractivity contribution >= 4 is 48.1 Å². The second-order valence-corrected chi connectivity index (χ2v) is 9.31. The van der Waals surface area contributed by atoms with E-state index in [1.54, 1.807) is 31.2 Å². The zero-order valence-corrected chi connectivity index (χ0v) is 16.6. The first-order chi connectivity index (χ1) is 12.8. The molecule has 2 aromatic carbocycles. The van der Waals surface area contributed by atoms with Crippen LogP contribution in [0.15, 0.2) is 64.5 Å². The van der Waals surface area contributed by atoms with Gasteiger partial charge in [0.1, 0.15) is 14.9 Å². The highest BCUT2D eigenvalue weighted by molar-refractivity contribution is 7.94. The van der Waals surface area contributed by atoms with Gasteiger partial charge in [0.2, 0.25) is 10.0 Å². The van der Waals surface area contributed by atoms with Crippen LogP contribution in [0.4, 0.5) is 5.69 Å². The number of nitrogens with zero attached hydrogens (tertiary/aromatic N) is 1. The maximum absolute atomic E-state index is 12.9. The molecule has 0 atom stereocenters. The highest BCUT2D eigenvalue weighted by Gasteiger charge is 2.26. The number of halogens is 1. The van der Waals surface area contributed by atoms with Crippen LogP contribution >= 0.6 is 11.6 Å². The first kappa shape index (κ1) is 19.6. The first-order valence-electron chi connectivity index (χ1n) is 7.91. The van der Waals surface area contributed by atoms with E-state index in [2.05, 4.69) is 14.4 Å². The van der Waals surface area contributed by atoms with Crippen molar-refractivity contribution in [1.82, 2.24) is 9.71 Å². The standard InChI is InChI=1S/C17H16ClN3O4S2/c1-2-20-26(22,23)15-9-5-6-10-16(15)27(24,25)21-14-11-19-17(18)13-8-4-3-7-12(13)14/h3-11,20-21H,2H2,1H3. The molecule has 0 aliphatic rings. The van der Waals surface area contributed by atoms with Crippen LogP contribution in [0.25, 0.3) is 10.8 Å². The van der Waals surface area contributed by atoms with E-state index in [-0.39, 0.29) is 27.2 Å². The second-order valence-electron chi connectivity index (χ2n) is 5.56. The topological polar surface area (TPSA) is 105 Å². The van der Waals surface area contributed by atoms with Crippen molar-refractivity contribution in [3.05, 3.63) is 59.9 Å². The molecule has 0 aliphatic heterocycles. The van der Waals surface area contributed by atoms with Crippen LogP contribution in [0.2, 0.25) is 5.15 Å². The molecular weight excluding hydrogens is 410 g/mol. The third-order valence-electron chi connectivity index (χ3n) is 3.75. The van der Waals surface area contributed by atoms with Crippen molar-refractivity contribution in [2.45, 2.75) is 16.7 Å². The van der Waals surface area contributed by atoms with Gasteiger partial charge in [0.15, 0.2) is 0 Å². The van der Waals surface area contributed by atoms with Gasteiger partial charge in [0, 0.05) is 17.3 Å². The van der Waals surface area contributed by atoms with Crippen molar-refractivity contribution in [3.63, 3.8) is 0 Å². The molecule has 1 heterocycles. The molecule has 0 amide bonds. The summed E-state index contributed by atoms with van der Waals surface area (Å²) in [6, 6.07) is 12.3. The van der Waals surface area contributed by atoms with Gasteiger partial charge in [-0.15, -0.1) is 0 Å². The Morgan fingerprint density at radius 2 is 1.44 bits per heavy atom. The molecule has 3 rings (SSSR count). The second kappa shape index (κ2) is 7.43. The number of rotatable bonds is 6. The Balaban J connectivity index is 2.12. The number of nitrogens with one attached hydrogen (secondary N) is 2. The number of hydrogen-bond acceptors (Lipinski definition) is 5. The molecule has 0 unspecified atom stereocenters. The maximum Gasteiger partial charge on any atom is 0.263 e. The molecule has 0 saturated carbocycles. The van der Waals surface area contributed by atoms with E-state index in [4.69, 9.17) is 11.6 Å². The first-order valence-corrected chi connectivity index (χ1v) is 11.3. The third-order valence-corrected chi connectivity index (χ3v) is 7.21. The molecule has 7 nitrogen and oxygen atoms in total. The van der Waals surface area contributed by atoms with Gasteiger partial charge < -0.3 is 0 Å². The summed E-state index contributed by atoms with van der Waals surface area (Å²) in [5.41, 5.74) is 0.200. The summed E-state index contributed by atoms with van der Waals surface area (Å²) in [5.74, 6) is 0. The Kier molecular flexibility index (Phi) is 5.38. The van der Waals surface area contributed by atoms with Crippen LogP contribution in [-0.2, 0) is 20.0 Å². The number of pyridine rings is 1. The fourth-order valence-corrected chi connectivity index (χ4v) is 5.75. The molecule has 0 bridgehead atoms. The molecule has 2 N–H and O–H groups in total. The minimum atomic E-state index is -4.20. The van der Waals surface area contributed by atoms with Gasteiger partial charge in [-0.25, -0.2) is 26.5 Å². The van der Waals surface area contributed by atoms with Gasteiger partial charge in [-0.1, -0.05) is 54.9 Å². The monoisotopic (exact) mass is 425 g/mol. The zero-order valence-electron chi connectivity index (χ0n) is 14.2. The molecule has 1 aromatic heterocycles. The number of anilines is 1. The predicted octanol–water partition coefficient (Wildman–Crippen LogP) is 2.99. The number of aromatic nitrogens is 1. The summed E-state index contributed by atoms with van der Waals surface area (Å²) in [5, 5.41) is 1.37. The molecule has 0 fully saturated rings. The van der Waals surface area contributed by atoms with Crippen molar-refractivity contribution in [1.29, 1.82) is 0 Å². The Bertz CT molecular complexity index is 1210. The van der Waals surface area contributed by atoms with Gasteiger partial charge in [0.25, 0.3) is 10.0 Å². The lowest BCUT2D eigenvalue weighted by Gasteiger charge is -2.14. The number of sulfonamides is 2. The minimum absolute atomic E-state index is 0.135. The van der Waals surface area contributed by atoms with E-state index in [0.29, 0.717) is 10.8 Å². The Labute approximate surface area is 162 Å². The maximum atomic E-state index is 12.9. The minimum Gasteiger partial charge on any atom is -0.277 e. The smallest absolute Gasteiger partial charge is 0.263 e. The Morgan fingerprint density at radius 1 is 0.889 bits per heavy atom. The predicted molar refractivity (Wildman–Crippen MR) is 105 cm³/mol. The van der Waals surface area contributed by atoms with Crippen LogP contribution < -0.4 is 9.44 Å². The van der Waals surface area contributed by atoms with Gasteiger partial charge in [-0.2, -0.15) is 0 Å². The van der Waals surface area contributed by atoms with E-state index in [1.807, 2.05) is 0 Å². The average Bonchev–Trinajstić information content (AvgIpc) is 2.64. The van der Waals surface area contributed by atoms with Crippen LogP contribution in [0.3, 0.4) is 0 Å². The third kappa shape index (κ3) is 3.91. The van der Waals surface area contributed by atoms with E-state index < -0.39 is 20.0 Å². The lowest BCUT2D eigenvalue weighted by atomic mass is 10.1. The van der Waals surface area contributed by atoms with Crippen molar-refractivity contribution in [3.8, 4) is 0 Å². The molecule has 0 spiro atoms. The number of benzene rings is 2. The molecule has 0 saturated heterocycles. The van der Waals surface area contributed by atoms with Gasteiger partial charge in [-0.05, 0) is 12.1 Å². The molecule has 142 valence electrons. The van der Waals surface area contributed by atoms with Gasteiger partial charge >= 0.3 is 0 Å². The van der Waals surface area contributed by atoms with Crippen molar-refractivity contribution in [2.24, 2.45) is 0 Å². The normalized spacial score (nSPS) is 12.2. The number of fused-ring (bicyclic) bond motifs is 1. The molecule has 0 aliphatic carbocycles. The summed E-state index contributed by atoms with van der Waals surface area (Å²) < 4.78 is 55.3. The summed E-state index contributed by atoms with van der Waals surface area (Å²) >= 11 is 6.06. The molecule has 10 heteroatoms. The quantitative estimate of drug-likeness (QED) is 0.590. The lowest BCUT2D eigenvalue weighted by molar-refractivity contribution is 0.576. The number of hydrogen-bond donors (Lipinski definition) is 2. The van der Waals surface area contributed by atoms with Crippen molar-refractivity contribution in [2.75, 3.05) is 11.3 Å². The fourth-order valence-electron chi connectivity index (χ4n) is 2.60. The van der Waals surface area contributed by atoms with Crippen molar-refractivity contribution < 1.29 is 16.8 Å². The van der Waals surface area contributed by atoms with Crippen LogP contribution in [-0.4, -0.2) is 28.4 Å². The highest BCUT2D eigenvalue weighted by Crippen LogP contribution is 2.30.